The molecule has 0 radical (unpaired) electrons. The number of nitrogens with one attached hydrogen (secondary N) is 1. The van der Waals surface area contributed by atoms with Gasteiger partial charge in [-0.25, -0.2) is 0 Å². The largest absolute Gasteiger partial charge is 0.480 e. The number of amides is 1. The van der Waals surface area contributed by atoms with E-state index in [1.54, 1.807) is 0 Å². The molecule has 1 fully saturated rings. The molecule has 0 aromatic rings. The second-order valence-electron chi connectivity index (χ2n) is 5.54. The van der Waals surface area contributed by atoms with E-state index in [0.717, 1.165) is 12.8 Å². The quantitative estimate of drug-likeness (QED) is 0.790. The molecule has 98 valence electrons. The van der Waals surface area contributed by atoms with Gasteiger partial charge >= 0.3 is 5.97 Å². The van der Waals surface area contributed by atoms with Crippen LogP contribution in [0.3, 0.4) is 0 Å². The summed E-state index contributed by atoms with van der Waals surface area (Å²) >= 11 is 0. The van der Waals surface area contributed by atoms with E-state index >= 15 is 0 Å². The molecule has 4 nitrogen and oxygen atoms in total. The van der Waals surface area contributed by atoms with Crippen molar-refractivity contribution in [1.82, 2.24) is 5.32 Å². The van der Waals surface area contributed by atoms with Crippen LogP contribution in [0.25, 0.3) is 0 Å². The van der Waals surface area contributed by atoms with E-state index < -0.39 is 5.97 Å². The highest BCUT2D eigenvalue weighted by molar-refractivity contribution is 5.83. The molecule has 17 heavy (non-hydrogen) atoms. The minimum atomic E-state index is -0.983. The minimum Gasteiger partial charge on any atom is -0.480 e. The van der Waals surface area contributed by atoms with Crippen LogP contribution in [-0.4, -0.2) is 23.5 Å². The molecule has 0 bridgehead atoms. The van der Waals surface area contributed by atoms with E-state index in [2.05, 4.69) is 26.1 Å². The van der Waals surface area contributed by atoms with Gasteiger partial charge in [0.25, 0.3) is 0 Å². The third kappa shape index (κ3) is 4.02. The van der Waals surface area contributed by atoms with Crippen molar-refractivity contribution in [1.29, 1.82) is 0 Å². The summed E-state index contributed by atoms with van der Waals surface area (Å²) in [4.78, 5) is 22.4. The summed E-state index contributed by atoms with van der Waals surface area (Å²) < 4.78 is 0. The number of carboxylic acid groups (broad SMARTS) is 1. The second-order valence-corrected chi connectivity index (χ2v) is 5.54. The molecule has 0 aliphatic heterocycles. The first kappa shape index (κ1) is 14.0. The van der Waals surface area contributed by atoms with Crippen LogP contribution in [0.4, 0.5) is 0 Å². The van der Waals surface area contributed by atoms with Crippen LogP contribution in [0.1, 0.15) is 40.0 Å². The van der Waals surface area contributed by atoms with Crippen molar-refractivity contribution in [2.45, 2.75) is 40.0 Å². The Balaban J connectivity index is 2.62. The van der Waals surface area contributed by atoms with Crippen LogP contribution >= 0.6 is 0 Å². The summed E-state index contributed by atoms with van der Waals surface area (Å²) in [6.07, 6.45) is 3.13. The van der Waals surface area contributed by atoms with Crippen LogP contribution in [0.5, 0.6) is 0 Å². The molecule has 1 amide bonds. The lowest BCUT2D eigenvalue weighted by Gasteiger charge is -2.36. The topological polar surface area (TPSA) is 66.4 Å². The zero-order chi connectivity index (χ0) is 13.0. The van der Waals surface area contributed by atoms with Crippen LogP contribution in [0.15, 0.2) is 0 Å². The molecule has 1 rings (SSSR count). The number of rotatable bonds is 4. The first-order valence-electron chi connectivity index (χ1n) is 6.41. The van der Waals surface area contributed by atoms with Gasteiger partial charge in [-0.1, -0.05) is 27.2 Å². The van der Waals surface area contributed by atoms with Gasteiger partial charge < -0.3 is 10.4 Å². The van der Waals surface area contributed by atoms with Gasteiger partial charge in [-0.2, -0.15) is 0 Å². The number of carbonyl (C=O) groups excluding carboxylic acids is 1. The smallest absolute Gasteiger partial charge is 0.322 e. The molecule has 1 saturated carbocycles. The lowest BCUT2D eigenvalue weighted by Crippen LogP contribution is -2.41. The molecule has 0 spiro atoms. The van der Waals surface area contributed by atoms with Crippen LogP contribution in [0.2, 0.25) is 0 Å². The number of carboxylic acids is 1. The molecule has 3 atom stereocenters. The van der Waals surface area contributed by atoms with E-state index in [0.29, 0.717) is 17.8 Å². The Morgan fingerprint density at radius 1 is 1.35 bits per heavy atom. The fourth-order valence-electron chi connectivity index (χ4n) is 2.80. The SMILES string of the molecule is CC1CCC(C(C)C)[C@@H](C(=O)NCC(=O)O)C1. The molecule has 4 heteroatoms. The first-order chi connectivity index (χ1) is 7.91. The second kappa shape index (κ2) is 6.03. The van der Waals surface area contributed by atoms with Gasteiger partial charge in [0, 0.05) is 5.92 Å². The maximum Gasteiger partial charge on any atom is 0.322 e. The summed E-state index contributed by atoms with van der Waals surface area (Å²) in [6.45, 7) is 6.17. The monoisotopic (exact) mass is 241 g/mol. The highest BCUT2D eigenvalue weighted by Crippen LogP contribution is 2.37. The maximum atomic E-state index is 12.0. The Bertz CT molecular complexity index is 288. The van der Waals surface area contributed by atoms with Gasteiger partial charge in [0.15, 0.2) is 0 Å². The molecule has 0 aromatic heterocycles. The molecule has 1 aliphatic rings. The van der Waals surface area contributed by atoms with Crippen LogP contribution in [0, 0.1) is 23.7 Å². The number of hydrogen-bond acceptors (Lipinski definition) is 2. The van der Waals surface area contributed by atoms with Gasteiger partial charge in [0.05, 0.1) is 0 Å². The van der Waals surface area contributed by atoms with E-state index in [9.17, 15) is 9.59 Å². The molecular weight excluding hydrogens is 218 g/mol. The lowest BCUT2D eigenvalue weighted by molar-refractivity contribution is -0.139. The van der Waals surface area contributed by atoms with Crippen molar-refractivity contribution in [2.75, 3.05) is 6.54 Å². The summed E-state index contributed by atoms with van der Waals surface area (Å²) in [6, 6.07) is 0. The molecule has 0 saturated heterocycles. The fraction of sp³-hybridized carbons (Fsp3) is 0.846. The van der Waals surface area contributed by atoms with Crippen LogP contribution < -0.4 is 5.32 Å². The highest BCUT2D eigenvalue weighted by Gasteiger charge is 2.35. The summed E-state index contributed by atoms with van der Waals surface area (Å²) in [7, 11) is 0. The Labute approximate surface area is 103 Å². The number of hydrogen-bond donors (Lipinski definition) is 2. The molecule has 0 heterocycles. The standard InChI is InChI=1S/C13H23NO3/c1-8(2)10-5-4-9(3)6-11(10)13(17)14-7-12(15)16/h8-11H,4-7H2,1-3H3,(H,14,17)(H,15,16)/t9?,10?,11-/m0/s1. The molecule has 1 aliphatic carbocycles. The van der Waals surface area contributed by atoms with Gasteiger partial charge in [-0.05, 0) is 30.6 Å². The van der Waals surface area contributed by atoms with Gasteiger partial charge in [-0.15, -0.1) is 0 Å². The van der Waals surface area contributed by atoms with Crippen molar-refractivity contribution in [3.05, 3.63) is 0 Å². The first-order valence-corrected chi connectivity index (χ1v) is 6.41. The van der Waals surface area contributed by atoms with Crippen LogP contribution in [-0.2, 0) is 9.59 Å². The summed E-state index contributed by atoms with van der Waals surface area (Å²) in [5.74, 6) is 0.340. The van der Waals surface area contributed by atoms with E-state index in [1.807, 2.05) is 0 Å². The molecule has 2 unspecified atom stereocenters. The van der Waals surface area contributed by atoms with Crippen molar-refractivity contribution in [3.63, 3.8) is 0 Å². The van der Waals surface area contributed by atoms with E-state index in [-0.39, 0.29) is 18.4 Å². The normalized spacial score (nSPS) is 29.1. The average molecular weight is 241 g/mol. The van der Waals surface area contributed by atoms with E-state index in [1.165, 1.54) is 6.42 Å². The van der Waals surface area contributed by atoms with Crippen molar-refractivity contribution >= 4 is 11.9 Å². The zero-order valence-corrected chi connectivity index (χ0v) is 10.9. The molecule has 2 N–H and O–H groups in total. The van der Waals surface area contributed by atoms with Crippen molar-refractivity contribution < 1.29 is 14.7 Å². The highest BCUT2D eigenvalue weighted by atomic mass is 16.4. The number of aliphatic carboxylic acids is 1. The molecular formula is C13H23NO3. The maximum absolute atomic E-state index is 12.0. The Morgan fingerprint density at radius 3 is 2.53 bits per heavy atom. The Morgan fingerprint density at radius 2 is 2.00 bits per heavy atom. The van der Waals surface area contributed by atoms with Crippen molar-refractivity contribution in [2.24, 2.45) is 23.7 Å². The summed E-state index contributed by atoms with van der Waals surface area (Å²) in [5.41, 5.74) is 0. The van der Waals surface area contributed by atoms with Gasteiger partial charge in [0.2, 0.25) is 5.91 Å². The number of carbonyl (C=O) groups is 2. The lowest BCUT2D eigenvalue weighted by atomic mass is 9.70. The average Bonchev–Trinajstić information content (AvgIpc) is 2.25. The third-order valence-corrected chi connectivity index (χ3v) is 3.77. The Hall–Kier alpha value is -1.06. The van der Waals surface area contributed by atoms with Gasteiger partial charge in [-0.3, -0.25) is 9.59 Å². The molecule has 0 aromatic carbocycles. The van der Waals surface area contributed by atoms with E-state index in [4.69, 9.17) is 5.11 Å². The Kier molecular flexibility index (Phi) is 4.97. The zero-order valence-electron chi connectivity index (χ0n) is 10.9. The minimum absolute atomic E-state index is 0.0156. The third-order valence-electron chi connectivity index (χ3n) is 3.77. The predicted octanol–water partition coefficient (Wildman–Crippen LogP) is 1.90. The summed E-state index contributed by atoms with van der Waals surface area (Å²) in [5, 5.41) is 11.1. The predicted molar refractivity (Wildman–Crippen MR) is 65.5 cm³/mol. The van der Waals surface area contributed by atoms with Gasteiger partial charge in [0.1, 0.15) is 6.54 Å². The fourth-order valence-corrected chi connectivity index (χ4v) is 2.80. The van der Waals surface area contributed by atoms with Crippen molar-refractivity contribution in [3.8, 4) is 0 Å².